The summed E-state index contributed by atoms with van der Waals surface area (Å²) in [7, 11) is 0. The van der Waals surface area contributed by atoms with Gasteiger partial charge in [0.05, 0.1) is 0 Å². The molecule has 0 fully saturated rings. The van der Waals surface area contributed by atoms with Crippen LogP contribution in [0.5, 0.6) is 0 Å². The summed E-state index contributed by atoms with van der Waals surface area (Å²) in [5.41, 5.74) is 4.95. The van der Waals surface area contributed by atoms with E-state index in [0.717, 1.165) is 25.7 Å². The van der Waals surface area contributed by atoms with Gasteiger partial charge in [-0.25, -0.2) is 0 Å². The second-order valence-electron chi connectivity index (χ2n) is 7.90. The fraction of sp³-hybridized carbons (Fsp3) is 0.370. The van der Waals surface area contributed by atoms with E-state index in [0.29, 0.717) is 18.8 Å². The van der Waals surface area contributed by atoms with Gasteiger partial charge in [-0.1, -0.05) is 93.1 Å². The SMILES string of the molecule is C=CCCC(=O)NC(Cc1ccc(-c2ccccc2)cc1)C[C@@H](C)C(=C)CCC. The van der Waals surface area contributed by atoms with Crippen molar-refractivity contribution in [3.05, 3.63) is 85.0 Å². The maximum atomic E-state index is 12.3. The van der Waals surface area contributed by atoms with E-state index in [4.69, 9.17) is 0 Å². The normalized spacial score (nSPS) is 12.8. The molecule has 0 saturated carbocycles. The third kappa shape index (κ3) is 7.73. The monoisotopic (exact) mass is 389 g/mol. The summed E-state index contributed by atoms with van der Waals surface area (Å²) in [6.07, 6.45) is 6.91. The molecular weight excluding hydrogens is 354 g/mol. The molecule has 0 saturated heterocycles. The molecule has 1 amide bonds. The Labute approximate surface area is 176 Å². The second-order valence-corrected chi connectivity index (χ2v) is 7.90. The topological polar surface area (TPSA) is 29.1 Å². The summed E-state index contributed by atoms with van der Waals surface area (Å²) in [6, 6.07) is 19.2. The quantitative estimate of drug-likeness (QED) is 0.401. The summed E-state index contributed by atoms with van der Waals surface area (Å²) in [5, 5.41) is 3.25. The van der Waals surface area contributed by atoms with E-state index in [1.807, 2.05) is 6.07 Å². The Hall–Kier alpha value is -2.61. The van der Waals surface area contributed by atoms with Gasteiger partial charge in [0.15, 0.2) is 0 Å². The van der Waals surface area contributed by atoms with Crippen molar-refractivity contribution >= 4 is 5.91 Å². The third-order valence-electron chi connectivity index (χ3n) is 5.39. The molecule has 2 atom stereocenters. The zero-order valence-corrected chi connectivity index (χ0v) is 18.0. The van der Waals surface area contributed by atoms with Crippen LogP contribution in [0, 0.1) is 5.92 Å². The van der Waals surface area contributed by atoms with Crippen LogP contribution >= 0.6 is 0 Å². The summed E-state index contributed by atoms with van der Waals surface area (Å²) in [4.78, 5) is 12.3. The zero-order valence-electron chi connectivity index (χ0n) is 18.0. The van der Waals surface area contributed by atoms with E-state index in [9.17, 15) is 4.79 Å². The predicted molar refractivity (Wildman–Crippen MR) is 125 cm³/mol. The minimum Gasteiger partial charge on any atom is -0.353 e. The Morgan fingerprint density at radius 3 is 2.31 bits per heavy atom. The van der Waals surface area contributed by atoms with Crippen LogP contribution in [-0.2, 0) is 11.2 Å². The van der Waals surface area contributed by atoms with Crippen molar-refractivity contribution in [2.45, 2.75) is 58.4 Å². The Morgan fingerprint density at radius 1 is 1.03 bits per heavy atom. The molecule has 0 bridgehead atoms. The molecule has 0 heterocycles. The van der Waals surface area contributed by atoms with Gasteiger partial charge < -0.3 is 5.32 Å². The molecule has 2 rings (SSSR count). The van der Waals surface area contributed by atoms with Gasteiger partial charge in [-0.05, 0) is 48.3 Å². The van der Waals surface area contributed by atoms with Crippen molar-refractivity contribution in [2.75, 3.05) is 0 Å². The lowest BCUT2D eigenvalue weighted by Crippen LogP contribution is -2.37. The Kier molecular flexibility index (Phi) is 9.43. The van der Waals surface area contributed by atoms with Gasteiger partial charge in [-0.3, -0.25) is 4.79 Å². The number of carbonyl (C=O) groups excluding carboxylic acids is 1. The number of allylic oxidation sites excluding steroid dienone is 2. The van der Waals surface area contributed by atoms with E-state index < -0.39 is 0 Å². The van der Waals surface area contributed by atoms with E-state index in [1.165, 1.54) is 22.3 Å². The molecule has 0 aromatic heterocycles. The number of hydrogen-bond acceptors (Lipinski definition) is 1. The van der Waals surface area contributed by atoms with Crippen LogP contribution in [-0.4, -0.2) is 11.9 Å². The molecule has 154 valence electrons. The first-order valence-corrected chi connectivity index (χ1v) is 10.8. The summed E-state index contributed by atoms with van der Waals surface area (Å²) in [5.74, 6) is 0.493. The minimum atomic E-state index is 0.101. The van der Waals surface area contributed by atoms with E-state index in [-0.39, 0.29) is 11.9 Å². The van der Waals surface area contributed by atoms with Crippen molar-refractivity contribution in [3.8, 4) is 11.1 Å². The lowest BCUT2D eigenvalue weighted by molar-refractivity contribution is -0.121. The largest absolute Gasteiger partial charge is 0.353 e. The molecule has 2 aromatic carbocycles. The Balaban J connectivity index is 2.07. The molecule has 0 aliphatic heterocycles. The molecule has 0 radical (unpaired) electrons. The molecule has 0 spiro atoms. The molecule has 2 heteroatoms. The summed E-state index contributed by atoms with van der Waals surface area (Å²) in [6.45, 7) is 12.4. The second kappa shape index (κ2) is 12.1. The van der Waals surface area contributed by atoms with Crippen molar-refractivity contribution in [2.24, 2.45) is 5.92 Å². The van der Waals surface area contributed by atoms with Crippen molar-refractivity contribution < 1.29 is 4.79 Å². The number of carbonyl (C=O) groups is 1. The molecule has 0 aliphatic rings. The first kappa shape index (κ1) is 22.7. The van der Waals surface area contributed by atoms with E-state index >= 15 is 0 Å². The number of rotatable bonds is 12. The number of benzene rings is 2. The van der Waals surface area contributed by atoms with Gasteiger partial charge in [0, 0.05) is 12.5 Å². The zero-order chi connectivity index (χ0) is 21.1. The van der Waals surface area contributed by atoms with Gasteiger partial charge in [-0.2, -0.15) is 0 Å². The van der Waals surface area contributed by atoms with Gasteiger partial charge >= 0.3 is 0 Å². The molecule has 2 aromatic rings. The highest BCUT2D eigenvalue weighted by atomic mass is 16.1. The lowest BCUT2D eigenvalue weighted by atomic mass is 9.89. The third-order valence-corrected chi connectivity index (χ3v) is 5.39. The fourth-order valence-corrected chi connectivity index (χ4v) is 3.64. The maximum absolute atomic E-state index is 12.3. The molecule has 1 unspecified atom stereocenters. The standard InChI is InChI=1S/C27H35NO/c1-5-7-14-27(29)28-26(19-22(4)21(3)11-6-2)20-23-15-17-25(18-16-23)24-12-9-8-10-13-24/h5,8-10,12-13,15-18,22,26H,1,3,6-7,11,14,19-20H2,2,4H3,(H,28,29)/t22-,26?/m1/s1. The van der Waals surface area contributed by atoms with Crippen LogP contribution in [0.15, 0.2) is 79.4 Å². The van der Waals surface area contributed by atoms with E-state index in [2.05, 4.69) is 80.9 Å². The van der Waals surface area contributed by atoms with Gasteiger partial charge in [0.1, 0.15) is 0 Å². The molecule has 1 N–H and O–H groups in total. The van der Waals surface area contributed by atoms with Crippen LogP contribution in [0.2, 0.25) is 0 Å². The van der Waals surface area contributed by atoms with Crippen LogP contribution in [0.1, 0.15) is 51.5 Å². The molecular formula is C27H35NO. The number of hydrogen-bond donors (Lipinski definition) is 1. The van der Waals surface area contributed by atoms with Gasteiger partial charge in [0.2, 0.25) is 5.91 Å². The Bertz CT molecular complexity index is 776. The van der Waals surface area contributed by atoms with Crippen LogP contribution < -0.4 is 5.32 Å². The molecule has 29 heavy (non-hydrogen) atoms. The molecule has 2 nitrogen and oxygen atoms in total. The van der Waals surface area contributed by atoms with Gasteiger partial charge in [-0.15, -0.1) is 6.58 Å². The average Bonchev–Trinajstić information content (AvgIpc) is 2.73. The molecule has 0 aliphatic carbocycles. The smallest absolute Gasteiger partial charge is 0.220 e. The average molecular weight is 390 g/mol. The van der Waals surface area contributed by atoms with Crippen LogP contribution in [0.3, 0.4) is 0 Å². The fourth-order valence-electron chi connectivity index (χ4n) is 3.64. The van der Waals surface area contributed by atoms with Crippen molar-refractivity contribution in [1.82, 2.24) is 5.32 Å². The maximum Gasteiger partial charge on any atom is 0.220 e. The lowest BCUT2D eigenvalue weighted by Gasteiger charge is -2.24. The van der Waals surface area contributed by atoms with Crippen molar-refractivity contribution in [1.29, 1.82) is 0 Å². The van der Waals surface area contributed by atoms with Crippen molar-refractivity contribution in [3.63, 3.8) is 0 Å². The number of amides is 1. The first-order valence-electron chi connectivity index (χ1n) is 10.8. The summed E-state index contributed by atoms with van der Waals surface area (Å²) >= 11 is 0. The number of nitrogens with one attached hydrogen (secondary N) is 1. The van der Waals surface area contributed by atoms with Crippen LogP contribution in [0.25, 0.3) is 11.1 Å². The Morgan fingerprint density at radius 2 is 1.69 bits per heavy atom. The first-order chi connectivity index (χ1) is 14.0. The summed E-state index contributed by atoms with van der Waals surface area (Å²) < 4.78 is 0. The highest BCUT2D eigenvalue weighted by Gasteiger charge is 2.18. The highest BCUT2D eigenvalue weighted by Crippen LogP contribution is 2.23. The predicted octanol–water partition coefficient (Wildman–Crippen LogP) is 6.73. The highest BCUT2D eigenvalue weighted by molar-refractivity contribution is 5.76. The minimum absolute atomic E-state index is 0.101. The van der Waals surface area contributed by atoms with E-state index in [1.54, 1.807) is 6.08 Å². The van der Waals surface area contributed by atoms with Crippen LogP contribution in [0.4, 0.5) is 0 Å². The van der Waals surface area contributed by atoms with Gasteiger partial charge in [0.25, 0.3) is 0 Å².